The number of ether oxygens (including phenoxy) is 2. The summed E-state index contributed by atoms with van der Waals surface area (Å²) in [5.41, 5.74) is -0.0558. The molecule has 0 bridgehead atoms. The molecule has 1 atom stereocenters. The summed E-state index contributed by atoms with van der Waals surface area (Å²) in [5, 5.41) is 3.57. The third-order valence-corrected chi connectivity index (χ3v) is 2.91. The molecule has 0 aromatic rings. The minimum atomic E-state index is -0.0558. The summed E-state index contributed by atoms with van der Waals surface area (Å²) in [4.78, 5) is 0. The summed E-state index contributed by atoms with van der Waals surface area (Å²) in [7, 11) is 0. The molecule has 102 valence electrons. The van der Waals surface area contributed by atoms with Crippen LogP contribution in [-0.4, -0.2) is 38.0 Å². The van der Waals surface area contributed by atoms with Gasteiger partial charge in [0, 0.05) is 6.04 Å². The van der Waals surface area contributed by atoms with Crippen LogP contribution < -0.4 is 5.32 Å². The van der Waals surface area contributed by atoms with Crippen LogP contribution in [0, 0.1) is 5.92 Å². The van der Waals surface area contributed by atoms with Crippen molar-refractivity contribution in [1.82, 2.24) is 5.32 Å². The Morgan fingerprint density at radius 1 is 1.24 bits per heavy atom. The number of nitrogens with one attached hydrogen (secondary N) is 1. The molecule has 0 spiro atoms. The molecule has 0 aromatic heterocycles. The van der Waals surface area contributed by atoms with Crippen molar-refractivity contribution in [3.05, 3.63) is 0 Å². The van der Waals surface area contributed by atoms with Crippen LogP contribution in [0.5, 0.6) is 0 Å². The van der Waals surface area contributed by atoms with Gasteiger partial charge < -0.3 is 14.8 Å². The van der Waals surface area contributed by atoms with Crippen molar-refractivity contribution in [3.8, 4) is 0 Å². The van der Waals surface area contributed by atoms with Gasteiger partial charge in [-0.3, -0.25) is 0 Å². The minimum Gasteiger partial charge on any atom is -0.377 e. The predicted octanol–water partition coefficient (Wildman–Crippen LogP) is 2.60. The van der Waals surface area contributed by atoms with E-state index in [1.807, 2.05) is 0 Å². The molecule has 0 radical (unpaired) electrons. The molecule has 3 heteroatoms. The monoisotopic (exact) mass is 243 g/mol. The second kappa shape index (κ2) is 7.34. The number of rotatable bonds is 9. The second-order valence-corrected chi connectivity index (χ2v) is 5.93. The quantitative estimate of drug-likeness (QED) is 0.631. The van der Waals surface area contributed by atoms with Gasteiger partial charge in [0.05, 0.1) is 25.4 Å². The topological polar surface area (TPSA) is 30.5 Å². The highest BCUT2D eigenvalue weighted by Crippen LogP contribution is 2.32. The lowest BCUT2D eigenvalue weighted by molar-refractivity contribution is -0.0379. The van der Waals surface area contributed by atoms with Crippen LogP contribution in [0.2, 0.25) is 0 Å². The summed E-state index contributed by atoms with van der Waals surface area (Å²) in [6.45, 7) is 11.7. The van der Waals surface area contributed by atoms with Crippen molar-refractivity contribution in [2.24, 2.45) is 5.92 Å². The fraction of sp³-hybridized carbons (Fsp3) is 1.00. The van der Waals surface area contributed by atoms with E-state index < -0.39 is 0 Å². The molecule has 1 fully saturated rings. The first kappa shape index (κ1) is 14.9. The Hall–Kier alpha value is -0.120. The van der Waals surface area contributed by atoms with E-state index in [0.29, 0.717) is 19.3 Å². The molecule has 17 heavy (non-hydrogen) atoms. The first-order valence-electron chi connectivity index (χ1n) is 6.98. The largest absolute Gasteiger partial charge is 0.377 e. The van der Waals surface area contributed by atoms with E-state index >= 15 is 0 Å². The summed E-state index contributed by atoms with van der Waals surface area (Å²) in [6.07, 6.45) is 3.92. The Bertz CT molecular complexity index is 197. The smallest absolute Gasteiger partial charge is 0.0707 e. The molecule has 1 saturated carbocycles. The lowest BCUT2D eigenvalue weighted by atomic mass is 10.2. The third kappa shape index (κ3) is 7.74. The molecule has 1 N–H and O–H groups in total. The molecule has 1 unspecified atom stereocenters. The molecule has 0 aromatic carbocycles. The number of hydrogen-bond donors (Lipinski definition) is 1. The van der Waals surface area contributed by atoms with E-state index in [1.165, 1.54) is 19.3 Å². The highest BCUT2D eigenvalue weighted by molar-refractivity contribution is 4.86. The van der Waals surface area contributed by atoms with Crippen molar-refractivity contribution < 1.29 is 9.47 Å². The maximum absolute atomic E-state index is 5.70. The standard InChI is InChI=1S/C14H29NO2/c1-5-8-15-13(12-6-7-12)11-16-9-10-17-14(2,3)4/h12-13,15H,5-11H2,1-4H3. The summed E-state index contributed by atoms with van der Waals surface area (Å²) < 4.78 is 11.3. The molecule has 3 nitrogen and oxygen atoms in total. The third-order valence-electron chi connectivity index (χ3n) is 2.91. The van der Waals surface area contributed by atoms with Crippen LogP contribution in [0.4, 0.5) is 0 Å². The molecular weight excluding hydrogens is 214 g/mol. The zero-order valence-electron chi connectivity index (χ0n) is 11.9. The average molecular weight is 243 g/mol. The maximum Gasteiger partial charge on any atom is 0.0707 e. The van der Waals surface area contributed by atoms with Gasteiger partial charge in [0.1, 0.15) is 0 Å². The van der Waals surface area contributed by atoms with Gasteiger partial charge in [0.15, 0.2) is 0 Å². The first-order chi connectivity index (χ1) is 8.03. The van der Waals surface area contributed by atoms with Gasteiger partial charge in [-0.25, -0.2) is 0 Å². The molecular formula is C14H29NO2. The zero-order chi connectivity index (χ0) is 12.7. The van der Waals surface area contributed by atoms with E-state index in [-0.39, 0.29) is 5.60 Å². The Balaban J connectivity index is 2.02. The van der Waals surface area contributed by atoms with E-state index in [1.54, 1.807) is 0 Å². The predicted molar refractivity (Wildman–Crippen MR) is 71.3 cm³/mol. The Labute approximate surface area is 106 Å². The molecule has 0 heterocycles. The minimum absolute atomic E-state index is 0.0558. The summed E-state index contributed by atoms with van der Waals surface area (Å²) in [5.74, 6) is 0.852. The zero-order valence-corrected chi connectivity index (χ0v) is 11.9. The highest BCUT2D eigenvalue weighted by Gasteiger charge is 2.30. The average Bonchev–Trinajstić information content (AvgIpc) is 3.04. The first-order valence-corrected chi connectivity index (χ1v) is 6.98. The van der Waals surface area contributed by atoms with Crippen molar-refractivity contribution in [1.29, 1.82) is 0 Å². The van der Waals surface area contributed by atoms with Crippen LogP contribution in [0.25, 0.3) is 0 Å². The van der Waals surface area contributed by atoms with Crippen molar-refractivity contribution in [2.75, 3.05) is 26.4 Å². The van der Waals surface area contributed by atoms with Crippen molar-refractivity contribution >= 4 is 0 Å². The van der Waals surface area contributed by atoms with Crippen LogP contribution in [0.3, 0.4) is 0 Å². The molecule has 0 saturated heterocycles. The SMILES string of the molecule is CCCNC(COCCOC(C)(C)C)C1CC1. The molecule has 1 aliphatic carbocycles. The van der Waals surface area contributed by atoms with E-state index in [2.05, 4.69) is 33.0 Å². The molecule has 0 aliphatic heterocycles. The molecule has 1 aliphatic rings. The molecule has 0 amide bonds. The van der Waals surface area contributed by atoms with Crippen LogP contribution in [0.1, 0.15) is 47.0 Å². The van der Waals surface area contributed by atoms with E-state index in [9.17, 15) is 0 Å². The van der Waals surface area contributed by atoms with Crippen molar-refractivity contribution in [2.45, 2.75) is 58.6 Å². The summed E-state index contributed by atoms with van der Waals surface area (Å²) in [6, 6.07) is 0.560. The Kier molecular flexibility index (Phi) is 6.45. The van der Waals surface area contributed by atoms with Crippen molar-refractivity contribution in [3.63, 3.8) is 0 Å². The fourth-order valence-corrected chi connectivity index (χ4v) is 1.81. The van der Waals surface area contributed by atoms with Gasteiger partial charge in [0.2, 0.25) is 0 Å². The second-order valence-electron chi connectivity index (χ2n) is 5.93. The van der Waals surface area contributed by atoms with E-state index in [4.69, 9.17) is 9.47 Å². The van der Waals surface area contributed by atoms with Gasteiger partial charge >= 0.3 is 0 Å². The lowest BCUT2D eigenvalue weighted by Gasteiger charge is -2.21. The van der Waals surface area contributed by atoms with Crippen LogP contribution in [-0.2, 0) is 9.47 Å². The van der Waals surface area contributed by atoms with Crippen LogP contribution in [0.15, 0.2) is 0 Å². The van der Waals surface area contributed by atoms with Gasteiger partial charge in [0.25, 0.3) is 0 Å². The highest BCUT2D eigenvalue weighted by atomic mass is 16.5. The molecule has 1 rings (SSSR count). The maximum atomic E-state index is 5.70. The van der Waals surface area contributed by atoms with Gasteiger partial charge in [-0.1, -0.05) is 6.92 Å². The Morgan fingerprint density at radius 2 is 1.94 bits per heavy atom. The Morgan fingerprint density at radius 3 is 2.47 bits per heavy atom. The van der Waals surface area contributed by atoms with Gasteiger partial charge in [-0.05, 0) is 52.5 Å². The van der Waals surface area contributed by atoms with Gasteiger partial charge in [-0.2, -0.15) is 0 Å². The van der Waals surface area contributed by atoms with Crippen LogP contribution >= 0.6 is 0 Å². The summed E-state index contributed by atoms with van der Waals surface area (Å²) >= 11 is 0. The van der Waals surface area contributed by atoms with E-state index in [0.717, 1.165) is 19.1 Å². The number of hydrogen-bond acceptors (Lipinski definition) is 3. The van der Waals surface area contributed by atoms with Gasteiger partial charge in [-0.15, -0.1) is 0 Å². The normalized spacial score (nSPS) is 18.4. The fourth-order valence-electron chi connectivity index (χ4n) is 1.81. The lowest BCUT2D eigenvalue weighted by Crippen LogP contribution is -2.36.